The van der Waals surface area contributed by atoms with Gasteiger partial charge in [0.15, 0.2) is 0 Å². The van der Waals surface area contributed by atoms with Crippen LogP contribution in [0.1, 0.15) is 38.5 Å². The van der Waals surface area contributed by atoms with Crippen molar-refractivity contribution < 1.29 is 22.8 Å². The van der Waals surface area contributed by atoms with Gasteiger partial charge in [-0.25, -0.2) is 0 Å². The molecule has 1 aliphatic rings. The van der Waals surface area contributed by atoms with Crippen molar-refractivity contribution in [2.45, 2.75) is 44.6 Å². The fourth-order valence-electron chi connectivity index (χ4n) is 2.60. The van der Waals surface area contributed by atoms with Crippen molar-refractivity contribution in [3.05, 3.63) is 0 Å². The summed E-state index contributed by atoms with van der Waals surface area (Å²) in [4.78, 5) is 2.12. The van der Waals surface area contributed by atoms with Crippen LogP contribution in [-0.2, 0) is 15.0 Å². The molecule has 0 saturated carbocycles. The topological polar surface area (TPSA) is 90.3 Å². The van der Waals surface area contributed by atoms with E-state index >= 15 is 0 Å². The number of likely N-dealkylation sites (N-methyl/N-ethyl adjacent to an activating group) is 1. The molecule has 2 N–H and O–H groups in total. The molecule has 1 rings (SSSR count). The fraction of sp³-hybridized carbons (Fsp3) is 1.00. The molecule has 0 radical (unpaired) electrons. The molecule has 0 unspecified atom stereocenters. The fourth-order valence-corrected chi connectivity index (χ4v) is 3.27. The van der Waals surface area contributed by atoms with Crippen LogP contribution >= 0.6 is 0 Å². The molecule has 1 saturated heterocycles. The highest BCUT2D eigenvalue weighted by atomic mass is 32.2. The molecule has 0 aromatic rings. The van der Waals surface area contributed by atoms with E-state index in [0.29, 0.717) is 32.5 Å². The molecule has 1 heterocycles. The standard InChI is InChI=1S/C14H30N2O5S/c1-15(11-12-17)8-4-2-3-5-13-21-14-6-9-16(10-7-14)22(18,19)20/h14,17H,2-13H2,1H3,(H,18,19,20). The number of unbranched alkanes of at least 4 members (excludes halogenated alkanes) is 3. The molecule has 0 aromatic heterocycles. The van der Waals surface area contributed by atoms with Crippen LogP contribution in [0.25, 0.3) is 0 Å². The minimum Gasteiger partial charge on any atom is -0.395 e. The van der Waals surface area contributed by atoms with Gasteiger partial charge in [-0.1, -0.05) is 12.8 Å². The number of rotatable bonds is 11. The molecule has 0 spiro atoms. The van der Waals surface area contributed by atoms with Gasteiger partial charge in [-0.15, -0.1) is 0 Å². The summed E-state index contributed by atoms with van der Waals surface area (Å²) in [5, 5.41) is 8.79. The van der Waals surface area contributed by atoms with Crippen molar-refractivity contribution in [3.8, 4) is 0 Å². The van der Waals surface area contributed by atoms with E-state index in [-0.39, 0.29) is 12.7 Å². The van der Waals surface area contributed by atoms with Gasteiger partial charge in [0.2, 0.25) is 0 Å². The Bertz CT molecular complexity index is 383. The van der Waals surface area contributed by atoms with Crippen LogP contribution in [0.3, 0.4) is 0 Å². The van der Waals surface area contributed by atoms with Gasteiger partial charge in [0.05, 0.1) is 12.7 Å². The molecular formula is C14H30N2O5S. The summed E-state index contributed by atoms with van der Waals surface area (Å²) in [5.41, 5.74) is 0. The summed E-state index contributed by atoms with van der Waals surface area (Å²) in [7, 11) is -2.03. The van der Waals surface area contributed by atoms with E-state index in [1.54, 1.807) is 0 Å². The maximum Gasteiger partial charge on any atom is 0.335 e. The lowest BCUT2D eigenvalue weighted by Gasteiger charge is -2.29. The van der Waals surface area contributed by atoms with E-state index in [0.717, 1.165) is 43.1 Å². The van der Waals surface area contributed by atoms with Gasteiger partial charge in [-0.2, -0.15) is 12.7 Å². The number of aliphatic hydroxyl groups is 1. The van der Waals surface area contributed by atoms with Crippen molar-refractivity contribution in [2.24, 2.45) is 0 Å². The highest BCUT2D eigenvalue weighted by Gasteiger charge is 2.26. The SMILES string of the molecule is CN(CCO)CCCCCCOC1CCN(S(=O)(=O)O)CC1. The average Bonchev–Trinajstić information content (AvgIpc) is 2.46. The predicted molar refractivity (Wildman–Crippen MR) is 85.1 cm³/mol. The van der Waals surface area contributed by atoms with E-state index in [2.05, 4.69) is 4.90 Å². The first-order valence-electron chi connectivity index (χ1n) is 8.07. The summed E-state index contributed by atoms with van der Waals surface area (Å²) < 4.78 is 37.7. The molecule has 8 heteroatoms. The zero-order valence-electron chi connectivity index (χ0n) is 13.5. The summed E-state index contributed by atoms with van der Waals surface area (Å²) in [6.07, 6.45) is 5.81. The van der Waals surface area contributed by atoms with Crippen molar-refractivity contribution >= 4 is 10.3 Å². The van der Waals surface area contributed by atoms with Crippen LogP contribution in [0.5, 0.6) is 0 Å². The molecule has 1 aliphatic heterocycles. The highest BCUT2D eigenvalue weighted by Crippen LogP contribution is 2.16. The highest BCUT2D eigenvalue weighted by molar-refractivity contribution is 7.83. The second kappa shape index (κ2) is 10.5. The molecular weight excluding hydrogens is 308 g/mol. The van der Waals surface area contributed by atoms with Gasteiger partial charge >= 0.3 is 10.3 Å². The van der Waals surface area contributed by atoms with E-state index in [4.69, 9.17) is 14.4 Å². The normalized spacial score (nSPS) is 18.2. The van der Waals surface area contributed by atoms with Crippen LogP contribution in [0, 0.1) is 0 Å². The van der Waals surface area contributed by atoms with E-state index in [1.807, 2.05) is 7.05 Å². The van der Waals surface area contributed by atoms with Crippen molar-refractivity contribution in [1.82, 2.24) is 9.21 Å². The maximum absolute atomic E-state index is 11.0. The number of piperidine rings is 1. The Labute approximate surface area is 134 Å². The van der Waals surface area contributed by atoms with E-state index in [1.165, 1.54) is 0 Å². The Morgan fingerprint density at radius 2 is 1.77 bits per heavy atom. The zero-order valence-corrected chi connectivity index (χ0v) is 14.3. The van der Waals surface area contributed by atoms with Crippen molar-refractivity contribution in [3.63, 3.8) is 0 Å². The third-order valence-corrected chi connectivity index (χ3v) is 5.01. The average molecular weight is 338 g/mol. The molecule has 0 amide bonds. The van der Waals surface area contributed by atoms with Gasteiger partial charge < -0.3 is 14.7 Å². The van der Waals surface area contributed by atoms with Crippen LogP contribution in [0.2, 0.25) is 0 Å². The van der Waals surface area contributed by atoms with Crippen LogP contribution < -0.4 is 0 Å². The smallest absolute Gasteiger partial charge is 0.335 e. The molecule has 22 heavy (non-hydrogen) atoms. The van der Waals surface area contributed by atoms with Crippen molar-refractivity contribution in [2.75, 3.05) is 46.4 Å². The lowest BCUT2D eigenvalue weighted by atomic mass is 10.1. The molecule has 0 aliphatic carbocycles. The number of aliphatic hydroxyl groups excluding tert-OH is 1. The summed E-state index contributed by atoms with van der Waals surface area (Å²) in [6, 6.07) is 0. The summed E-state index contributed by atoms with van der Waals surface area (Å²) in [5.74, 6) is 0. The first-order chi connectivity index (χ1) is 10.4. The lowest BCUT2D eigenvalue weighted by Crippen LogP contribution is -2.40. The van der Waals surface area contributed by atoms with Gasteiger partial charge in [0.1, 0.15) is 0 Å². The predicted octanol–water partition coefficient (Wildman–Crippen LogP) is 0.755. The number of nitrogens with zero attached hydrogens (tertiary/aromatic N) is 2. The van der Waals surface area contributed by atoms with Gasteiger partial charge in [0, 0.05) is 26.2 Å². The molecule has 0 bridgehead atoms. The molecule has 0 aromatic carbocycles. The zero-order chi connectivity index (χ0) is 16.4. The minimum atomic E-state index is -4.04. The molecule has 132 valence electrons. The van der Waals surface area contributed by atoms with E-state index in [9.17, 15) is 8.42 Å². The Kier molecular flexibility index (Phi) is 9.46. The first-order valence-corrected chi connectivity index (χ1v) is 9.46. The maximum atomic E-state index is 11.0. The molecule has 7 nitrogen and oxygen atoms in total. The quantitative estimate of drug-likeness (QED) is 0.427. The van der Waals surface area contributed by atoms with Crippen LogP contribution in [-0.4, -0.2) is 79.8 Å². The van der Waals surface area contributed by atoms with Gasteiger partial charge in [-0.05, 0) is 39.3 Å². The number of ether oxygens (including phenoxy) is 1. The van der Waals surface area contributed by atoms with Crippen LogP contribution in [0.4, 0.5) is 0 Å². The lowest BCUT2D eigenvalue weighted by molar-refractivity contribution is 0.0181. The number of hydrogen-bond acceptors (Lipinski definition) is 5. The molecule has 0 atom stereocenters. The summed E-state index contributed by atoms with van der Waals surface area (Å²) >= 11 is 0. The third-order valence-electron chi connectivity index (χ3n) is 4.00. The summed E-state index contributed by atoms with van der Waals surface area (Å²) in [6.45, 7) is 3.33. The second-order valence-corrected chi connectivity index (χ2v) is 7.30. The monoisotopic (exact) mass is 338 g/mol. The Hall–Kier alpha value is -0.250. The van der Waals surface area contributed by atoms with Gasteiger partial charge in [-0.3, -0.25) is 4.55 Å². The molecule has 1 fully saturated rings. The number of hydrogen-bond donors (Lipinski definition) is 2. The van der Waals surface area contributed by atoms with Crippen LogP contribution in [0.15, 0.2) is 0 Å². The Balaban J connectivity index is 1.96. The van der Waals surface area contributed by atoms with E-state index < -0.39 is 10.3 Å². The largest absolute Gasteiger partial charge is 0.395 e. The second-order valence-electron chi connectivity index (χ2n) is 5.89. The Morgan fingerprint density at radius 1 is 1.14 bits per heavy atom. The van der Waals surface area contributed by atoms with Gasteiger partial charge in [0.25, 0.3) is 0 Å². The van der Waals surface area contributed by atoms with Crippen molar-refractivity contribution in [1.29, 1.82) is 0 Å². The Morgan fingerprint density at radius 3 is 2.36 bits per heavy atom. The minimum absolute atomic E-state index is 0.105. The third kappa shape index (κ3) is 8.40. The first kappa shape index (κ1) is 19.8.